The van der Waals surface area contributed by atoms with Crippen LogP contribution in [-0.4, -0.2) is 23.2 Å². The van der Waals surface area contributed by atoms with Crippen LogP contribution in [-0.2, 0) is 12.8 Å². The van der Waals surface area contributed by atoms with E-state index in [1.807, 2.05) is 13.1 Å². The molecule has 5 heteroatoms. The quantitative estimate of drug-likeness (QED) is 0.855. The van der Waals surface area contributed by atoms with Gasteiger partial charge in [-0.3, -0.25) is 0 Å². The van der Waals surface area contributed by atoms with Gasteiger partial charge in [0.2, 0.25) is 5.89 Å². The highest BCUT2D eigenvalue weighted by Crippen LogP contribution is 2.13. The molecule has 2 rings (SSSR count). The van der Waals surface area contributed by atoms with Gasteiger partial charge in [0, 0.05) is 23.8 Å². The Labute approximate surface area is 105 Å². The maximum atomic E-state index is 5.22. The molecule has 2 heterocycles. The minimum atomic E-state index is 0.475. The number of aromatic nitrogens is 2. The van der Waals surface area contributed by atoms with E-state index in [2.05, 4.69) is 33.8 Å². The van der Waals surface area contributed by atoms with Crippen molar-refractivity contribution >= 4 is 11.3 Å². The fraction of sp³-hybridized carbons (Fsp3) is 0.500. The zero-order valence-electron chi connectivity index (χ0n) is 10.1. The molecule has 1 unspecified atom stereocenters. The molecule has 92 valence electrons. The molecule has 0 aromatic carbocycles. The maximum Gasteiger partial charge on any atom is 0.226 e. The lowest BCUT2D eigenvalue weighted by Crippen LogP contribution is -2.21. The summed E-state index contributed by atoms with van der Waals surface area (Å²) in [6, 6.07) is 4.60. The van der Waals surface area contributed by atoms with Gasteiger partial charge in [-0.1, -0.05) is 11.2 Å². The smallest absolute Gasteiger partial charge is 0.226 e. The third-order valence-electron chi connectivity index (χ3n) is 2.71. The number of rotatable bonds is 6. The lowest BCUT2D eigenvalue weighted by Gasteiger charge is -2.06. The van der Waals surface area contributed by atoms with Crippen molar-refractivity contribution in [3.05, 3.63) is 34.1 Å². The third-order valence-corrected chi connectivity index (χ3v) is 3.58. The summed E-state index contributed by atoms with van der Waals surface area (Å²) in [5.74, 6) is 1.51. The zero-order valence-corrected chi connectivity index (χ0v) is 11.0. The van der Waals surface area contributed by atoms with E-state index in [4.69, 9.17) is 4.52 Å². The van der Waals surface area contributed by atoms with Crippen molar-refractivity contribution in [3.8, 4) is 0 Å². The lowest BCUT2D eigenvalue weighted by molar-refractivity contribution is 0.365. The molecular weight excluding hydrogens is 234 g/mol. The Morgan fingerprint density at radius 3 is 3.12 bits per heavy atom. The van der Waals surface area contributed by atoms with Crippen LogP contribution in [0.25, 0.3) is 0 Å². The molecule has 4 nitrogen and oxygen atoms in total. The SMILES string of the molecule is CNC(C)CCc1nc(Cc2cccs2)no1. The van der Waals surface area contributed by atoms with Gasteiger partial charge in [0.15, 0.2) is 5.82 Å². The van der Waals surface area contributed by atoms with Crippen LogP contribution in [0.15, 0.2) is 22.0 Å². The van der Waals surface area contributed by atoms with Crippen LogP contribution in [0, 0.1) is 0 Å². The van der Waals surface area contributed by atoms with Crippen molar-refractivity contribution < 1.29 is 4.52 Å². The highest BCUT2D eigenvalue weighted by molar-refractivity contribution is 7.09. The van der Waals surface area contributed by atoms with Crippen molar-refractivity contribution in [3.63, 3.8) is 0 Å². The summed E-state index contributed by atoms with van der Waals surface area (Å²) in [6.45, 7) is 2.14. The third kappa shape index (κ3) is 3.64. The van der Waals surface area contributed by atoms with Crippen molar-refractivity contribution in [2.45, 2.75) is 32.2 Å². The summed E-state index contributed by atoms with van der Waals surface area (Å²) >= 11 is 1.72. The largest absolute Gasteiger partial charge is 0.339 e. The van der Waals surface area contributed by atoms with Crippen LogP contribution >= 0.6 is 11.3 Å². The van der Waals surface area contributed by atoms with Crippen LogP contribution in [0.4, 0.5) is 0 Å². The normalized spacial score (nSPS) is 12.8. The number of thiophene rings is 1. The van der Waals surface area contributed by atoms with Crippen LogP contribution in [0.1, 0.15) is 29.9 Å². The first-order chi connectivity index (χ1) is 8.28. The molecule has 17 heavy (non-hydrogen) atoms. The van der Waals surface area contributed by atoms with E-state index in [0.717, 1.165) is 31.0 Å². The number of hydrogen-bond acceptors (Lipinski definition) is 5. The van der Waals surface area contributed by atoms with Gasteiger partial charge in [-0.15, -0.1) is 11.3 Å². The Bertz CT molecular complexity index is 438. The zero-order chi connectivity index (χ0) is 12.1. The van der Waals surface area contributed by atoms with Gasteiger partial charge in [-0.25, -0.2) is 0 Å². The van der Waals surface area contributed by atoms with Crippen molar-refractivity contribution in [2.75, 3.05) is 7.05 Å². The molecule has 0 fully saturated rings. The first-order valence-corrected chi connectivity index (χ1v) is 6.67. The lowest BCUT2D eigenvalue weighted by atomic mass is 10.2. The molecule has 0 amide bonds. The molecule has 1 N–H and O–H groups in total. The Kier molecular flexibility index (Phi) is 4.28. The second kappa shape index (κ2) is 5.93. The predicted molar refractivity (Wildman–Crippen MR) is 68.3 cm³/mol. The summed E-state index contributed by atoms with van der Waals surface area (Å²) in [7, 11) is 1.96. The molecule has 0 aliphatic heterocycles. The van der Waals surface area contributed by atoms with Crippen molar-refractivity contribution in [1.29, 1.82) is 0 Å². The molecule has 2 aromatic heterocycles. The van der Waals surface area contributed by atoms with E-state index in [1.165, 1.54) is 4.88 Å². The first-order valence-electron chi connectivity index (χ1n) is 5.79. The monoisotopic (exact) mass is 251 g/mol. The Hall–Kier alpha value is -1.20. The van der Waals surface area contributed by atoms with Crippen LogP contribution < -0.4 is 5.32 Å². The van der Waals surface area contributed by atoms with E-state index < -0.39 is 0 Å². The number of aryl methyl sites for hydroxylation is 1. The molecule has 0 radical (unpaired) electrons. The Morgan fingerprint density at radius 2 is 2.41 bits per heavy atom. The predicted octanol–water partition coefficient (Wildman–Crippen LogP) is 2.26. The molecule has 2 aromatic rings. The van der Waals surface area contributed by atoms with Gasteiger partial charge in [-0.05, 0) is 31.8 Å². The minimum Gasteiger partial charge on any atom is -0.339 e. The fourth-order valence-corrected chi connectivity index (χ4v) is 2.22. The molecule has 1 atom stereocenters. The van der Waals surface area contributed by atoms with Crippen molar-refractivity contribution in [1.82, 2.24) is 15.5 Å². The summed E-state index contributed by atoms with van der Waals surface area (Å²) in [4.78, 5) is 5.66. The highest BCUT2D eigenvalue weighted by Gasteiger charge is 2.08. The fourth-order valence-electron chi connectivity index (χ4n) is 1.52. The summed E-state index contributed by atoms with van der Waals surface area (Å²) < 4.78 is 5.22. The van der Waals surface area contributed by atoms with Gasteiger partial charge < -0.3 is 9.84 Å². The highest BCUT2D eigenvalue weighted by atomic mass is 32.1. The van der Waals surface area contributed by atoms with Gasteiger partial charge in [0.05, 0.1) is 0 Å². The second-order valence-electron chi connectivity index (χ2n) is 4.09. The van der Waals surface area contributed by atoms with E-state index in [-0.39, 0.29) is 0 Å². The summed E-state index contributed by atoms with van der Waals surface area (Å²) in [5.41, 5.74) is 0. The number of hydrogen-bond donors (Lipinski definition) is 1. The molecule has 0 saturated carbocycles. The standard InChI is InChI=1S/C12H17N3OS/c1-9(13-2)5-6-12-14-11(15-16-12)8-10-4-3-7-17-10/h3-4,7,9,13H,5-6,8H2,1-2H3. The van der Waals surface area contributed by atoms with Crippen LogP contribution in [0.2, 0.25) is 0 Å². The summed E-state index contributed by atoms with van der Waals surface area (Å²) in [5, 5.41) is 9.25. The van der Waals surface area contributed by atoms with Crippen molar-refractivity contribution in [2.24, 2.45) is 0 Å². The minimum absolute atomic E-state index is 0.475. The van der Waals surface area contributed by atoms with E-state index in [0.29, 0.717) is 6.04 Å². The van der Waals surface area contributed by atoms with Crippen LogP contribution in [0.3, 0.4) is 0 Å². The molecule has 0 aliphatic carbocycles. The van der Waals surface area contributed by atoms with Gasteiger partial charge in [-0.2, -0.15) is 4.98 Å². The van der Waals surface area contributed by atoms with Gasteiger partial charge in [0.1, 0.15) is 0 Å². The number of nitrogens with zero attached hydrogens (tertiary/aromatic N) is 2. The average molecular weight is 251 g/mol. The van der Waals surface area contributed by atoms with Gasteiger partial charge in [0.25, 0.3) is 0 Å². The van der Waals surface area contributed by atoms with E-state index in [9.17, 15) is 0 Å². The molecule has 0 bridgehead atoms. The van der Waals surface area contributed by atoms with E-state index in [1.54, 1.807) is 11.3 Å². The second-order valence-corrected chi connectivity index (χ2v) is 5.12. The average Bonchev–Trinajstić information content (AvgIpc) is 2.98. The maximum absolute atomic E-state index is 5.22. The Morgan fingerprint density at radius 1 is 1.53 bits per heavy atom. The van der Waals surface area contributed by atoms with Crippen LogP contribution in [0.5, 0.6) is 0 Å². The van der Waals surface area contributed by atoms with E-state index >= 15 is 0 Å². The summed E-state index contributed by atoms with van der Waals surface area (Å²) in [6.07, 6.45) is 2.61. The van der Waals surface area contributed by atoms with Gasteiger partial charge >= 0.3 is 0 Å². The molecular formula is C12H17N3OS. The number of nitrogens with one attached hydrogen (secondary N) is 1. The topological polar surface area (TPSA) is 51.0 Å². The molecule has 0 saturated heterocycles. The molecule has 0 spiro atoms. The molecule has 0 aliphatic rings. The Balaban J connectivity index is 1.87. The first kappa shape index (κ1) is 12.3.